The number of aromatic nitrogens is 3. The van der Waals surface area contributed by atoms with E-state index in [1.807, 2.05) is 42.5 Å². The van der Waals surface area contributed by atoms with E-state index in [2.05, 4.69) is 58.9 Å². The Morgan fingerprint density at radius 1 is 0.871 bits per heavy atom. The Balaban J connectivity index is 1.59. The van der Waals surface area contributed by atoms with E-state index in [4.69, 9.17) is 9.47 Å². The number of nitrogens with zero attached hydrogens (tertiary/aromatic N) is 3. The standard InChI is InChI=1S/C26H25N3O2/c1-26(2)16-20-14-22(30-3)23(31-17-18-10-6-4-7-11-18)15-21(20)25-28-27-24(29(25)26)19-12-8-5-9-13-19/h4-15H,16-17H2,1-3H3. The first-order valence-corrected chi connectivity index (χ1v) is 10.5. The monoisotopic (exact) mass is 411 g/mol. The highest BCUT2D eigenvalue weighted by atomic mass is 16.5. The van der Waals surface area contributed by atoms with Gasteiger partial charge in [0.2, 0.25) is 0 Å². The van der Waals surface area contributed by atoms with Gasteiger partial charge in [-0.2, -0.15) is 0 Å². The van der Waals surface area contributed by atoms with Crippen molar-refractivity contribution >= 4 is 0 Å². The zero-order chi connectivity index (χ0) is 21.4. The Morgan fingerprint density at radius 2 is 1.55 bits per heavy atom. The largest absolute Gasteiger partial charge is 0.493 e. The topological polar surface area (TPSA) is 49.2 Å². The van der Waals surface area contributed by atoms with E-state index in [0.717, 1.165) is 40.5 Å². The molecule has 2 heterocycles. The third-order valence-corrected chi connectivity index (χ3v) is 5.79. The Kier molecular flexibility index (Phi) is 4.74. The Hall–Kier alpha value is -3.60. The van der Waals surface area contributed by atoms with Gasteiger partial charge < -0.3 is 14.0 Å². The fourth-order valence-electron chi connectivity index (χ4n) is 4.32. The van der Waals surface area contributed by atoms with Crippen molar-refractivity contribution in [3.05, 3.63) is 83.9 Å². The molecule has 5 heteroatoms. The summed E-state index contributed by atoms with van der Waals surface area (Å²) < 4.78 is 14.1. The van der Waals surface area contributed by atoms with Crippen LogP contribution in [0.15, 0.2) is 72.8 Å². The molecule has 1 aliphatic rings. The minimum Gasteiger partial charge on any atom is -0.493 e. The van der Waals surface area contributed by atoms with Crippen LogP contribution in [0.5, 0.6) is 11.5 Å². The maximum atomic E-state index is 6.16. The van der Waals surface area contributed by atoms with Crippen LogP contribution in [0.4, 0.5) is 0 Å². The van der Waals surface area contributed by atoms with Crippen LogP contribution in [0.1, 0.15) is 25.0 Å². The summed E-state index contributed by atoms with van der Waals surface area (Å²) in [7, 11) is 1.68. The average Bonchev–Trinajstić information content (AvgIpc) is 3.25. The first kappa shape index (κ1) is 19.4. The summed E-state index contributed by atoms with van der Waals surface area (Å²) in [6.45, 7) is 4.92. The molecule has 0 amide bonds. The molecule has 31 heavy (non-hydrogen) atoms. The minimum atomic E-state index is -0.172. The van der Waals surface area contributed by atoms with E-state index in [1.165, 1.54) is 5.56 Å². The van der Waals surface area contributed by atoms with E-state index < -0.39 is 0 Å². The molecule has 0 atom stereocenters. The van der Waals surface area contributed by atoms with Crippen molar-refractivity contribution in [2.24, 2.45) is 0 Å². The predicted molar refractivity (Wildman–Crippen MR) is 121 cm³/mol. The minimum absolute atomic E-state index is 0.172. The molecule has 1 aliphatic heterocycles. The van der Waals surface area contributed by atoms with Gasteiger partial charge >= 0.3 is 0 Å². The number of hydrogen-bond donors (Lipinski definition) is 0. The van der Waals surface area contributed by atoms with Gasteiger partial charge in [-0.3, -0.25) is 0 Å². The van der Waals surface area contributed by atoms with Gasteiger partial charge in [-0.15, -0.1) is 10.2 Å². The summed E-state index contributed by atoms with van der Waals surface area (Å²) in [5.74, 6) is 3.19. The quantitative estimate of drug-likeness (QED) is 0.436. The highest BCUT2D eigenvalue weighted by molar-refractivity contribution is 5.71. The highest BCUT2D eigenvalue weighted by Gasteiger charge is 2.35. The molecule has 0 fully saturated rings. The molecule has 156 valence electrons. The van der Waals surface area contributed by atoms with Crippen LogP contribution >= 0.6 is 0 Å². The van der Waals surface area contributed by atoms with Crippen molar-refractivity contribution in [1.29, 1.82) is 0 Å². The lowest BCUT2D eigenvalue weighted by molar-refractivity contribution is 0.283. The van der Waals surface area contributed by atoms with Gasteiger partial charge in [-0.25, -0.2) is 0 Å². The molecule has 0 bridgehead atoms. The van der Waals surface area contributed by atoms with Crippen LogP contribution in [-0.2, 0) is 18.6 Å². The lowest BCUT2D eigenvalue weighted by atomic mass is 9.86. The van der Waals surface area contributed by atoms with Crippen LogP contribution in [0, 0.1) is 0 Å². The summed E-state index contributed by atoms with van der Waals surface area (Å²) in [5.41, 5.74) is 4.23. The van der Waals surface area contributed by atoms with Crippen molar-refractivity contribution < 1.29 is 9.47 Å². The normalized spacial score (nSPS) is 13.9. The predicted octanol–water partition coefficient (Wildman–Crippen LogP) is 5.49. The van der Waals surface area contributed by atoms with Crippen LogP contribution < -0.4 is 9.47 Å². The number of ether oxygens (including phenoxy) is 2. The SMILES string of the molecule is COc1cc2c(cc1OCc1ccccc1)-c1nnc(-c3ccccc3)n1C(C)(C)C2. The van der Waals surface area contributed by atoms with Gasteiger partial charge in [0.05, 0.1) is 7.11 Å². The second-order valence-electron chi connectivity index (χ2n) is 8.47. The fraction of sp³-hybridized carbons (Fsp3) is 0.231. The van der Waals surface area contributed by atoms with Crippen molar-refractivity contribution in [2.75, 3.05) is 7.11 Å². The molecule has 0 saturated carbocycles. The summed E-state index contributed by atoms with van der Waals surface area (Å²) in [6, 6.07) is 24.5. The molecule has 5 nitrogen and oxygen atoms in total. The Morgan fingerprint density at radius 3 is 2.26 bits per heavy atom. The Labute approximate surface area is 182 Å². The van der Waals surface area contributed by atoms with Crippen molar-refractivity contribution in [1.82, 2.24) is 14.8 Å². The first-order chi connectivity index (χ1) is 15.1. The maximum Gasteiger partial charge on any atom is 0.165 e. The Bertz CT molecular complexity index is 1210. The second kappa shape index (κ2) is 7.58. The van der Waals surface area contributed by atoms with Crippen LogP contribution in [0.25, 0.3) is 22.8 Å². The molecule has 0 saturated heterocycles. The van der Waals surface area contributed by atoms with Gasteiger partial charge in [-0.1, -0.05) is 60.7 Å². The molecule has 0 unspecified atom stereocenters. The molecule has 0 spiro atoms. The summed E-state index contributed by atoms with van der Waals surface area (Å²) in [6.07, 6.45) is 0.850. The lowest BCUT2D eigenvalue weighted by Crippen LogP contribution is -2.33. The molecule has 3 aromatic carbocycles. The van der Waals surface area contributed by atoms with E-state index in [9.17, 15) is 0 Å². The van der Waals surface area contributed by atoms with Gasteiger partial charge in [-0.05, 0) is 43.5 Å². The molecule has 5 rings (SSSR count). The second-order valence-corrected chi connectivity index (χ2v) is 8.47. The number of hydrogen-bond acceptors (Lipinski definition) is 4. The van der Waals surface area contributed by atoms with Crippen molar-refractivity contribution in [2.45, 2.75) is 32.4 Å². The van der Waals surface area contributed by atoms with Crippen LogP contribution in [0.3, 0.4) is 0 Å². The highest BCUT2D eigenvalue weighted by Crippen LogP contribution is 2.44. The fourth-order valence-corrected chi connectivity index (χ4v) is 4.32. The van der Waals surface area contributed by atoms with Crippen LogP contribution in [0.2, 0.25) is 0 Å². The van der Waals surface area contributed by atoms with Gasteiger partial charge in [0.25, 0.3) is 0 Å². The number of fused-ring (bicyclic) bond motifs is 3. The summed E-state index contributed by atoms with van der Waals surface area (Å²) >= 11 is 0. The molecule has 0 aliphatic carbocycles. The van der Waals surface area contributed by atoms with E-state index in [-0.39, 0.29) is 5.54 Å². The third kappa shape index (κ3) is 3.46. The van der Waals surface area contributed by atoms with Crippen molar-refractivity contribution in [3.63, 3.8) is 0 Å². The third-order valence-electron chi connectivity index (χ3n) is 5.79. The number of rotatable bonds is 5. The first-order valence-electron chi connectivity index (χ1n) is 10.5. The molecule has 1 aromatic heterocycles. The van der Waals surface area contributed by atoms with Crippen molar-refractivity contribution in [3.8, 4) is 34.3 Å². The number of benzene rings is 3. The van der Waals surface area contributed by atoms with E-state index >= 15 is 0 Å². The smallest absolute Gasteiger partial charge is 0.165 e. The summed E-state index contributed by atoms with van der Waals surface area (Å²) in [4.78, 5) is 0. The van der Waals surface area contributed by atoms with Crippen LogP contribution in [-0.4, -0.2) is 21.9 Å². The zero-order valence-electron chi connectivity index (χ0n) is 18.0. The lowest BCUT2D eigenvalue weighted by Gasteiger charge is -2.35. The van der Waals surface area contributed by atoms with Gasteiger partial charge in [0, 0.05) is 16.7 Å². The van der Waals surface area contributed by atoms with E-state index in [0.29, 0.717) is 12.4 Å². The molecular formula is C26H25N3O2. The molecule has 0 radical (unpaired) electrons. The maximum absolute atomic E-state index is 6.16. The van der Waals surface area contributed by atoms with E-state index in [1.54, 1.807) is 7.11 Å². The average molecular weight is 412 g/mol. The van der Waals surface area contributed by atoms with Gasteiger partial charge in [0.1, 0.15) is 6.61 Å². The summed E-state index contributed by atoms with van der Waals surface area (Å²) in [5, 5.41) is 9.17. The zero-order valence-corrected chi connectivity index (χ0v) is 18.0. The number of methoxy groups -OCH3 is 1. The van der Waals surface area contributed by atoms with Gasteiger partial charge in [0.15, 0.2) is 23.1 Å². The molecular weight excluding hydrogens is 386 g/mol. The molecule has 0 N–H and O–H groups in total. The molecule has 4 aromatic rings.